The molecule has 1 aromatic carbocycles. The highest BCUT2D eigenvalue weighted by Gasteiger charge is 2.34. The molecule has 8 heteroatoms. The molecule has 0 bridgehead atoms. The maximum Gasteiger partial charge on any atom is 0.174 e. The van der Waals surface area contributed by atoms with Gasteiger partial charge >= 0.3 is 0 Å². The van der Waals surface area contributed by atoms with Gasteiger partial charge in [0.25, 0.3) is 0 Å². The summed E-state index contributed by atoms with van der Waals surface area (Å²) in [5, 5.41) is 16.4. The Kier molecular flexibility index (Phi) is 7.10. The van der Waals surface area contributed by atoms with Gasteiger partial charge in [-0.3, -0.25) is 9.59 Å². The largest absolute Gasteiger partial charge is 0.353 e. The molecule has 2 aromatic rings. The number of Topliss-reactive ketones (excluding diaryl/α,β-unsaturated/α-hetero) is 2. The number of carbonyl (C=O) groups excluding carboxylic acids is 2. The molecular formula is C22H18Cl2N2O2S2. The SMILES string of the molecule is CC(=O)C1=C(C)NC(SCC(=O)c2cc(Cl)ccc2Cl)=C(C#N)[C@H]1c1sccc1C. The lowest BCUT2D eigenvalue weighted by Gasteiger charge is -2.29. The van der Waals surface area contributed by atoms with Gasteiger partial charge in [-0.2, -0.15) is 5.26 Å². The number of nitriles is 1. The standard InChI is InChI=1S/C22H18Cl2N2O2S2/c1-11-6-7-29-21(11)20-16(9-25)22(26-12(2)19(20)13(3)27)30-10-18(28)15-8-14(23)4-5-17(15)24/h4-8,20,26H,10H2,1-3H3/t20-/m1/s1. The number of benzene rings is 1. The minimum atomic E-state index is -0.443. The molecule has 0 amide bonds. The van der Waals surface area contributed by atoms with Gasteiger partial charge in [0.1, 0.15) is 0 Å². The van der Waals surface area contributed by atoms with Crippen molar-refractivity contribution in [1.29, 1.82) is 5.26 Å². The van der Waals surface area contributed by atoms with E-state index in [0.29, 0.717) is 37.5 Å². The summed E-state index contributed by atoms with van der Waals surface area (Å²) in [6, 6.07) is 8.99. The van der Waals surface area contributed by atoms with Crippen molar-refractivity contribution < 1.29 is 9.59 Å². The van der Waals surface area contributed by atoms with Crippen molar-refractivity contribution >= 4 is 57.9 Å². The first-order chi connectivity index (χ1) is 14.2. The number of hydrogen-bond donors (Lipinski definition) is 1. The molecule has 1 aromatic heterocycles. The zero-order chi connectivity index (χ0) is 22.0. The van der Waals surface area contributed by atoms with Gasteiger partial charge in [0, 0.05) is 26.7 Å². The number of halogens is 2. The number of dihydropyridines is 1. The van der Waals surface area contributed by atoms with Crippen LogP contribution in [0.4, 0.5) is 0 Å². The maximum atomic E-state index is 12.7. The number of rotatable bonds is 6. The van der Waals surface area contributed by atoms with E-state index in [1.54, 1.807) is 12.1 Å². The van der Waals surface area contributed by atoms with E-state index in [2.05, 4.69) is 11.4 Å². The van der Waals surface area contributed by atoms with Gasteiger partial charge in [0.2, 0.25) is 0 Å². The molecule has 4 nitrogen and oxygen atoms in total. The molecular weight excluding hydrogens is 459 g/mol. The highest BCUT2D eigenvalue weighted by Crippen LogP contribution is 2.43. The summed E-state index contributed by atoms with van der Waals surface area (Å²) in [7, 11) is 0. The molecule has 1 N–H and O–H groups in total. The number of thiophene rings is 1. The molecule has 0 unspecified atom stereocenters. The van der Waals surface area contributed by atoms with E-state index in [1.807, 2.05) is 25.3 Å². The lowest BCUT2D eigenvalue weighted by atomic mass is 9.84. The highest BCUT2D eigenvalue weighted by atomic mass is 35.5. The summed E-state index contributed by atoms with van der Waals surface area (Å²) in [5.41, 5.74) is 3.07. The first-order valence-electron chi connectivity index (χ1n) is 9.02. The van der Waals surface area contributed by atoms with Crippen LogP contribution in [-0.2, 0) is 4.79 Å². The van der Waals surface area contributed by atoms with Crippen LogP contribution in [0.5, 0.6) is 0 Å². The lowest BCUT2D eigenvalue weighted by Crippen LogP contribution is -2.27. The number of allylic oxidation sites excluding steroid dienone is 3. The number of thioether (sulfide) groups is 1. The molecule has 0 saturated heterocycles. The van der Waals surface area contributed by atoms with Crippen LogP contribution in [0.15, 0.2) is 51.5 Å². The topological polar surface area (TPSA) is 70.0 Å². The number of hydrogen-bond acceptors (Lipinski definition) is 6. The van der Waals surface area contributed by atoms with Crippen LogP contribution in [-0.4, -0.2) is 17.3 Å². The third-order valence-corrected chi connectivity index (χ3v) is 7.43. The molecule has 1 atom stereocenters. The van der Waals surface area contributed by atoms with Crippen molar-refractivity contribution in [2.45, 2.75) is 26.7 Å². The summed E-state index contributed by atoms with van der Waals surface area (Å²) in [4.78, 5) is 26.1. The van der Waals surface area contributed by atoms with Gasteiger partial charge in [-0.25, -0.2) is 0 Å². The molecule has 0 aliphatic carbocycles. The third kappa shape index (κ3) is 4.50. The Balaban J connectivity index is 1.96. The van der Waals surface area contributed by atoms with Gasteiger partial charge in [0.05, 0.1) is 33.4 Å². The fraction of sp³-hybridized carbons (Fsp3) is 0.227. The minimum absolute atomic E-state index is 0.0758. The van der Waals surface area contributed by atoms with Crippen molar-refractivity contribution in [3.05, 3.63) is 77.6 Å². The van der Waals surface area contributed by atoms with Gasteiger partial charge in [-0.1, -0.05) is 35.0 Å². The molecule has 0 radical (unpaired) electrons. The molecule has 154 valence electrons. The predicted octanol–water partition coefficient (Wildman–Crippen LogP) is 6.26. The van der Waals surface area contributed by atoms with Crippen LogP contribution < -0.4 is 5.32 Å². The van der Waals surface area contributed by atoms with Crippen molar-refractivity contribution in [1.82, 2.24) is 5.32 Å². The van der Waals surface area contributed by atoms with Crippen LogP contribution in [0.3, 0.4) is 0 Å². The van der Waals surface area contributed by atoms with E-state index in [9.17, 15) is 14.9 Å². The van der Waals surface area contributed by atoms with E-state index in [4.69, 9.17) is 23.2 Å². The van der Waals surface area contributed by atoms with Crippen LogP contribution >= 0.6 is 46.3 Å². The third-order valence-electron chi connectivity index (χ3n) is 4.77. The van der Waals surface area contributed by atoms with E-state index in [1.165, 1.54) is 36.1 Å². The fourth-order valence-electron chi connectivity index (χ4n) is 3.36. The van der Waals surface area contributed by atoms with Crippen LogP contribution in [0.25, 0.3) is 0 Å². The number of ketones is 2. The Morgan fingerprint density at radius 2 is 2.00 bits per heavy atom. The fourth-order valence-corrected chi connectivity index (χ4v) is 5.78. The zero-order valence-corrected chi connectivity index (χ0v) is 19.7. The van der Waals surface area contributed by atoms with E-state index in [-0.39, 0.29) is 17.3 Å². The molecule has 30 heavy (non-hydrogen) atoms. The van der Waals surface area contributed by atoms with Crippen LogP contribution in [0.2, 0.25) is 10.0 Å². The average molecular weight is 477 g/mol. The number of aryl methyl sites for hydroxylation is 1. The van der Waals surface area contributed by atoms with E-state index in [0.717, 1.165) is 10.4 Å². The molecule has 0 spiro atoms. The second-order valence-electron chi connectivity index (χ2n) is 6.81. The second kappa shape index (κ2) is 9.40. The number of nitrogens with zero attached hydrogens (tertiary/aromatic N) is 1. The first kappa shape index (κ1) is 22.6. The van der Waals surface area contributed by atoms with Crippen molar-refractivity contribution in [3.63, 3.8) is 0 Å². The Hall–Kier alpha value is -2.04. The molecule has 1 aliphatic rings. The van der Waals surface area contributed by atoms with Crippen LogP contribution in [0, 0.1) is 18.3 Å². The molecule has 0 saturated carbocycles. The summed E-state index contributed by atoms with van der Waals surface area (Å²) < 4.78 is 0. The van der Waals surface area contributed by atoms with Gasteiger partial charge in [-0.05, 0) is 56.0 Å². The lowest BCUT2D eigenvalue weighted by molar-refractivity contribution is -0.113. The minimum Gasteiger partial charge on any atom is -0.353 e. The van der Waals surface area contributed by atoms with Gasteiger partial charge < -0.3 is 5.32 Å². The monoisotopic (exact) mass is 476 g/mol. The molecule has 0 fully saturated rings. The predicted molar refractivity (Wildman–Crippen MR) is 124 cm³/mol. The smallest absolute Gasteiger partial charge is 0.174 e. The second-order valence-corrected chi connectivity index (χ2v) is 9.59. The Bertz CT molecular complexity index is 1140. The Labute approximate surface area is 193 Å². The summed E-state index contributed by atoms with van der Waals surface area (Å²) in [6.07, 6.45) is 0. The molecule has 3 rings (SSSR count). The summed E-state index contributed by atoms with van der Waals surface area (Å²) in [5.74, 6) is -0.647. The van der Waals surface area contributed by atoms with Crippen LogP contribution in [0.1, 0.15) is 40.6 Å². The highest BCUT2D eigenvalue weighted by molar-refractivity contribution is 8.03. The Morgan fingerprint density at radius 3 is 2.60 bits per heavy atom. The summed E-state index contributed by atoms with van der Waals surface area (Å²) >= 11 is 14.9. The zero-order valence-electron chi connectivity index (χ0n) is 16.5. The van der Waals surface area contributed by atoms with Crippen molar-refractivity contribution in [3.8, 4) is 6.07 Å². The van der Waals surface area contributed by atoms with Gasteiger partial charge in [-0.15, -0.1) is 11.3 Å². The van der Waals surface area contributed by atoms with E-state index >= 15 is 0 Å². The molecule has 2 heterocycles. The van der Waals surface area contributed by atoms with Crippen molar-refractivity contribution in [2.24, 2.45) is 0 Å². The Morgan fingerprint density at radius 1 is 1.27 bits per heavy atom. The van der Waals surface area contributed by atoms with Crippen molar-refractivity contribution in [2.75, 3.05) is 5.75 Å². The summed E-state index contributed by atoms with van der Waals surface area (Å²) in [6.45, 7) is 5.29. The maximum absolute atomic E-state index is 12.7. The molecule has 1 aliphatic heterocycles. The van der Waals surface area contributed by atoms with E-state index < -0.39 is 5.92 Å². The number of carbonyl (C=O) groups is 2. The van der Waals surface area contributed by atoms with Gasteiger partial charge in [0.15, 0.2) is 11.6 Å². The quantitative estimate of drug-likeness (QED) is 0.497. The average Bonchev–Trinajstić information content (AvgIpc) is 3.12. The normalized spacial score (nSPS) is 16.3. The first-order valence-corrected chi connectivity index (χ1v) is 11.6. The number of nitrogens with one attached hydrogen (secondary N) is 1.